The summed E-state index contributed by atoms with van der Waals surface area (Å²) in [6.45, 7) is 3.49. The van der Waals surface area contributed by atoms with E-state index in [0.717, 1.165) is 37.1 Å². The normalized spacial score (nSPS) is 26.0. The summed E-state index contributed by atoms with van der Waals surface area (Å²) in [6.07, 6.45) is -1.91. The van der Waals surface area contributed by atoms with Gasteiger partial charge in [0, 0.05) is 23.2 Å². The molecule has 4 atom stereocenters. The van der Waals surface area contributed by atoms with E-state index in [4.69, 9.17) is 9.47 Å². The highest BCUT2D eigenvalue weighted by molar-refractivity contribution is 5.94. The fraction of sp³-hybridized carbons (Fsp3) is 0.552. The van der Waals surface area contributed by atoms with E-state index in [1.54, 1.807) is 7.05 Å². The zero-order valence-electron chi connectivity index (χ0n) is 23.2. The number of amides is 1. The number of ether oxygens (including phenoxy) is 2. The van der Waals surface area contributed by atoms with Crippen molar-refractivity contribution in [2.24, 2.45) is 5.92 Å². The van der Waals surface area contributed by atoms with Crippen LogP contribution in [0.2, 0.25) is 0 Å². The molecule has 3 N–H and O–H groups in total. The molecule has 4 unspecified atom stereocenters. The van der Waals surface area contributed by atoms with Gasteiger partial charge in [0.05, 0.1) is 70.9 Å². The Morgan fingerprint density at radius 3 is 2.44 bits per heavy atom. The number of benzene rings is 2. The third-order valence-electron chi connectivity index (χ3n) is 8.31. The molecule has 224 valence electrons. The molecule has 2 aliphatic heterocycles. The van der Waals surface area contributed by atoms with Crippen LogP contribution < -0.4 is 21.1 Å². The summed E-state index contributed by atoms with van der Waals surface area (Å²) < 4.78 is 49.4. The second kappa shape index (κ2) is 12.6. The summed E-state index contributed by atoms with van der Waals surface area (Å²) in [6, 6.07) is 12.7. The number of hydrazine groups is 1. The SMILES string of the molecule is C[N+]1([O-])CCN(c2ccc(C(=O)NC3NNC4CC(OCCOCc5ccc(C(F)(F)F)cc5)CCC43)cc2)CC1. The van der Waals surface area contributed by atoms with Crippen molar-refractivity contribution >= 4 is 11.6 Å². The molecule has 1 amide bonds. The molecule has 2 saturated heterocycles. The van der Waals surface area contributed by atoms with Crippen LogP contribution in [-0.4, -0.2) is 75.3 Å². The standard InChI is InChI=1S/C29H38F3N5O4/c1-37(39)14-12-36(13-15-37)23-8-4-21(5-9-23)28(38)33-27-25-11-10-24(18-26(25)34-35-27)41-17-16-40-19-20-2-6-22(7-3-20)29(30,31)32/h2-9,24-27,34-35H,10-19H2,1H3,(H,33,38). The Labute approximate surface area is 238 Å². The second-order valence-electron chi connectivity index (χ2n) is 11.3. The number of nitrogens with zero attached hydrogens (tertiary/aromatic N) is 2. The first kappa shape index (κ1) is 29.7. The van der Waals surface area contributed by atoms with E-state index in [1.807, 2.05) is 24.3 Å². The van der Waals surface area contributed by atoms with E-state index in [2.05, 4.69) is 21.1 Å². The van der Waals surface area contributed by atoms with Crippen LogP contribution in [0.5, 0.6) is 0 Å². The molecule has 3 aliphatic rings. The molecule has 0 radical (unpaired) electrons. The molecule has 5 rings (SSSR count). The summed E-state index contributed by atoms with van der Waals surface area (Å²) in [5.74, 6) is 0.101. The summed E-state index contributed by atoms with van der Waals surface area (Å²) in [5, 5.41) is 15.2. The van der Waals surface area contributed by atoms with Gasteiger partial charge in [-0.25, -0.2) is 5.43 Å². The van der Waals surface area contributed by atoms with Crippen molar-refractivity contribution in [2.75, 3.05) is 51.3 Å². The van der Waals surface area contributed by atoms with Crippen LogP contribution in [0, 0.1) is 11.1 Å². The van der Waals surface area contributed by atoms with Crippen molar-refractivity contribution in [1.82, 2.24) is 16.2 Å². The Kier molecular flexibility index (Phi) is 9.17. The van der Waals surface area contributed by atoms with E-state index in [9.17, 15) is 23.2 Å². The average Bonchev–Trinajstić information content (AvgIpc) is 3.34. The molecule has 12 heteroatoms. The Hall–Kier alpha value is -2.74. The molecule has 2 heterocycles. The van der Waals surface area contributed by atoms with E-state index in [1.165, 1.54) is 12.1 Å². The number of carbonyl (C=O) groups is 1. The minimum atomic E-state index is -4.34. The molecular formula is C29H38F3N5O4. The molecule has 0 bridgehead atoms. The number of piperazine rings is 1. The number of hydrogen-bond acceptors (Lipinski definition) is 7. The predicted molar refractivity (Wildman–Crippen MR) is 147 cm³/mol. The third kappa shape index (κ3) is 7.76. The van der Waals surface area contributed by atoms with Crippen molar-refractivity contribution < 1.29 is 32.1 Å². The number of alkyl halides is 3. The lowest BCUT2D eigenvalue weighted by Gasteiger charge is -2.45. The molecular weight excluding hydrogens is 539 g/mol. The fourth-order valence-electron chi connectivity index (χ4n) is 5.77. The third-order valence-corrected chi connectivity index (χ3v) is 8.31. The lowest BCUT2D eigenvalue weighted by atomic mass is 9.82. The minimum absolute atomic E-state index is 0.0651. The Balaban J connectivity index is 1.00. The molecule has 3 fully saturated rings. The zero-order chi connectivity index (χ0) is 29.0. The average molecular weight is 578 g/mol. The quantitative estimate of drug-likeness (QED) is 0.239. The second-order valence-corrected chi connectivity index (χ2v) is 11.3. The molecule has 1 aliphatic carbocycles. The lowest BCUT2D eigenvalue weighted by Crippen LogP contribution is -2.53. The van der Waals surface area contributed by atoms with Gasteiger partial charge in [-0.05, 0) is 61.2 Å². The summed E-state index contributed by atoms with van der Waals surface area (Å²) in [4.78, 5) is 15.1. The number of quaternary nitrogens is 1. The number of hydroxylamine groups is 3. The monoisotopic (exact) mass is 577 g/mol. The maximum atomic E-state index is 13.0. The van der Waals surface area contributed by atoms with Gasteiger partial charge in [0.15, 0.2) is 0 Å². The van der Waals surface area contributed by atoms with Crippen molar-refractivity contribution in [2.45, 2.75) is 50.4 Å². The first-order valence-corrected chi connectivity index (χ1v) is 14.2. The van der Waals surface area contributed by atoms with Crippen LogP contribution in [0.15, 0.2) is 48.5 Å². The molecule has 2 aromatic carbocycles. The van der Waals surface area contributed by atoms with Gasteiger partial charge in [-0.2, -0.15) is 13.2 Å². The number of halogens is 3. The van der Waals surface area contributed by atoms with Crippen molar-refractivity contribution in [3.63, 3.8) is 0 Å². The number of carbonyl (C=O) groups excluding carboxylic acids is 1. The van der Waals surface area contributed by atoms with Crippen LogP contribution in [-0.2, 0) is 22.3 Å². The smallest absolute Gasteiger partial charge is 0.416 e. The Bertz CT molecular complexity index is 1150. The highest BCUT2D eigenvalue weighted by atomic mass is 19.4. The van der Waals surface area contributed by atoms with E-state index < -0.39 is 11.7 Å². The van der Waals surface area contributed by atoms with E-state index >= 15 is 0 Å². The van der Waals surface area contributed by atoms with E-state index in [0.29, 0.717) is 50.5 Å². The summed E-state index contributed by atoms with van der Waals surface area (Å²) in [7, 11) is 1.70. The molecule has 2 aromatic rings. The zero-order valence-corrected chi connectivity index (χ0v) is 23.2. The van der Waals surface area contributed by atoms with Crippen LogP contribution in [0.4, 0.5) is 18.9 Å². The highest BCUT2D eigenvalue weighted by Gasteiger charge is 2.41. The molecule has 0 aromatic heterocycles. The first-order valence-electron chi connectivity index (χ1n) is 14.2. The highest BCUT2D eigenvalue weighted by Crippen LogP contribution is 2.32. The van der Waals surface area contributed by atoms with Gasteiger partial charge in [-0.3, -0.25) is 10.2 Å². The van der Waals surface area contributed by atoms with Gasteiger partial charge in [0.25, 0.3) is 5.91 Å². The largest absolute Gasteiger partial charge is 0.633 e. The first-order chi connectivity index (χ1) is 19.6. The Morgan fingerprint density at radius 2 is 1.76 bits per heavy atom. The van der Waals surface area contributed by atoms with Crippen molar-refractivity contribution in [3.05, 3.63) is 70.4 Å². The van der Waals surface area contributed by atoms with Gasteiger partial charge in [-0.15, -0.1) is 0 Å². The van der Waals surface area contributed by atoms with Gasteiger partial charge in [0.1, 0.15) is 0 Å². The summed E-state index contributed by atoms with van der Waals surface area (Å²) >= 11 is 0. The van der Waals surface area contributed by atoms with Crippen LogP contribution in [0.1, 0.15) is 40.7 Å². The predicted octanol–water partition coefficient (Wildman–Crippen LogP) is 3.40. The number of rotatable bonds is 9. The van der Waals surface area contributed by atoms with Gasteiger partial charge < -0.3 is 29.5 Å². The maximum absolute atomic E-state index is 13.0. The van der Waals surface area contributed by atoms with Crippen molar-refractivity contribution in [1.29, 1.82) is 0 Å². The number of fused-ring (bicyclic) bond motifs is 1. The maximum Gasteiger partial charge on any atom is 0.416 e. The van der Waals surface area contributed by atoms with Crippen LogP contribution in [0.25, 0.3) is 0 Å². The minimum Gasteiger partial charge on any atom is -0.633 e. The Morgan fingerprint density at radius 1 is 1.05 bits per heavy atom. The molecule has 1 saturated carbocycles. The lowest BCUT2D eigenvalue weighted by molar-refractivity contribution is -0.861. The van der Waals surface area contributed by atoms with E-state index in [-0.39, 0.29) is 41.4 Å². The number of likely N-dealkylation sites (N-methyl/N-ethyl adjacent to an activating group) is 1. The van der Waals surface area contributed by atoms with Crippen molar-refractivity contribution in [3.8, 4) is 0 Å². The van der Waals surface area contributed by atoms with Crippen LogP contribution >= 0.6 is 0 Å². The molecule has 0 spiro atoms. The molecule has 41 heavy (non-hydrogen) atoms. The topological polar surface area (TPSA) is 97.9 Å². The number of anilines is 1. The summed E-state index contributed by atoms with van der Waals surface area (Å²) in [5.41, 5.74) is 8.15. The number of nitrogens with one attached hydrogen (secondary N) is 3. The van der Waals surface area contributed by atoms with Gasteiger partial charge in [-0.1, -0.05) is 12.1 Å². The van der Waals surface area contributed by atoms with Gasteiger partial charge >= 0.3 is 6.18 Å². The van der Waals surface area contributed by atoms with Gasteiger partial charge in [0.2, 0.25) is 0 Å². The number of hydrogen-bond donors (Lipinski definition) is 3. The fourth-order valence-corrected chi connectivity index (χ4v) is 5.77. The molecule has 9 nitrogen and oxygen atoms in total. The van der Waals surface area contributed by atoms with Crippen LogP contribution in [0.3, 0.4) is 0 Å².